The maximum atomic E-state index is 5.82. The fraction of sp³-hybridized carbons (Fsp3) is 0.500. The van der Waals surface area contributed by atoms with Crippen LogP contribution in [-0.2, 0) is 13.5 Å². The van der Waals surface area contributed by atoms with E-state index in [9.17, 15) is 0 Å². The predicted octanol–water partition coefficient (Wildman–Crippen LogP) is -0.180. The van der Waals surface area contributed by atoms with Crippen LogP contribution < -0.4 is 11.1 Å². The fourth-order valence-corrected chi connectivity index (χ4v) is 1.77. The topological polar surface area (TPSA) is 55.9 Å². The zero-order valence-corrected chi connectivity index (χ0v) is 8.40. The SMILES string of the molecule is Cn1cc(CC2=CC(N)CNC2)cn1. The van der Waals surface area contributed by atoms with Crippen LogP contribution in [0.1, 0.15) is 5.56 Å². The van der Waals surface area contributed by atoms with Gasteiger partial charge in [0.15, 0.2) is 0 Å². The van der Waals surface area contributed by atoms with Gasteiger partial charge < -0.3 is 11.1 Å². The quantitative estimate of drug-likeness (QED) is 0.639. The molecule has 2 rings (SSSR count). The molecule has 0 fully saturated rings. The summed E-state index contributed by atoms with van der Waals surface area (Å²) in [6, 6.07) is 0.162. The molecule has 0 saturated heterocycles. The van der Waals surface area contributed by atoms with Crippen molar-refractivity contribution >= 4 is 0 Å². The number of hydrogen-bond donors (Lipinski definition) is 2. The van der Waals surface area contributed by atoms with Crippen LogP contribution in [0.3, 0.4) is 0 Å². The van der Waals surface area contributed by atoms with Gasteiger partial charge in [0, 0.05) is 32.4 Å². The summed E-state index contributed by atoms with van der Waals surface area (Å²) in [5.74, 6) is 0. The minimum atomic E-state index is 0.162. The highest BCUT2D eigenvalue weighted by atomic mass is 15.2. The maximum Gasteiger partial charge on any atom is 0.0524 e. The van der Waals surface area contributed by atoms with Crippen LogP contribution in [0, 0.1) is 0 Å². The van der Waals surface area contributed by atoms with E-state index < -0.39 is 0 Å². The van der Waals surface area contributed by atoms with Crippen molar-refractivity contribution in [3.63, 3.8) is 0 Å². The van der Waals surface area contributed by atoms with Crippen molar-refractivity contribution < 1.29 is 0 Å². The van der Waals surface area contributed by atoms with Gasteiger partial charge in [-0.3, -0.25) is 4.68 Å². The van der Waals surface area contributed by atoms with E-state index in [0.29, 0.717) is 0 Å². The summed E-state index contributed by atoms with van der Waals surface area (Å²) in [6.45, 7) is 1.83. The molecule has 0 radical (unpaired) electrons. The third-order valence-corrected chi connectivity index (χ3v) is 2.37. The summed E-state index contributed by atoms with van der Waals surface area (Å²) in [4.78, 5) is 0. The highest BCUT2D eigenvalue weighted by molar-refractivity contribution is 5.21. The lowest BCUT2D eigenvalue weighted by Crippen LogP contribution is -2.38. The van der Waals surface area contributed by atoms with Gasteiger partial charge in [0.1, 0.15) is 0 Å². The maximum absolute atomic E-state index is 5.82. The molecule has 0 aliphatic carbocycles. The Morgan fingerprint density at radius 3 is 3.21 bits per heavy atom. The largest absolute Gasteiger partial charge is 0.323 e. The lowest BCUT2D eigenvalue weighted by molar-refractivity contribution is 0.627. The Hall–Kier alpha value is -1.13. The van der Waals surface area contributed by atoms with Gasteiger partial charge in [-0.25, -0.2) is 0 Å². The smallest absolute Gasteiger partial charge is 0.0524 e. The van der Waals surface area contributed by atoms with Crippen molar-refractivity contribution in [3.05, 3.63) is 29.6 Å². The van der Waals surface area contributed by atoms with Crippen molar-refractivity contribution in [3.8, 4) is 0 Å². The van der Waals surface area contributed by atoms with Gasteiger partial charge in [-0.2, -0.15) is 5.10 Å². The normalized spacial score (nSPS) is 22.1. The molecule has 1 aliphatic rings. The summed E-state index contributed by atoms with van der Waals surface area (Å²) in [5.41, 5.74) is 8.43. The Morgan fingerprint density at radius 2 is 2.57 bits per heavy atom. The van der Waals surface area contributed by atoms with Gasteiger partial charge in [-0.1, -0.05) is 11.6 Å². The van der Waals surface area contributed by atoms with E-state index >= 15 is 0 Å². The van der Waals surface area contributed by atoms with Gasteiger partial charge in [-0.15, -0.1) is 0 Å². The van der Waals surface area contributed by atoms with E-state index in [1.165, 1.54) is 11.1 Å². The standard InChI is InChI=1S/C10H16N4/c1-14-7-9(5-13-14)2-8-3-10(11)6-12-4-8/h3,5,7,10,12H,2,4,6,11H2,1H3. The molecular weight excluding hydrogens is 176 g/mol. The van der Waals surface area contributed by atoms with Gasteiger partial charge in [0.05, 0.1) is 6.20 Å². The molecule has 3 N–H and O–H groups in total. The van der Waals surface area contributed by atoms with Crippen molar-refractivity contribution in [2.45, 2.75) is 12.5 Å². The number of nitrogens with two attached hydrogens (primary N) is 1. The Morgan fingerprint density at radius 1 is 1.71 bits per heavy atom. The van der Waals surface area contributed by atoms with E-state index in [0.717, 1.165) is 19.5 Å². The molecule has 1 aromatic heterocycles. The first-order chi connectivity index (χ1) is 6.74. The van der Waals surface area contributed by atoms with Crippen LogP contribution in [0.25, 0.3) is 0 Å². The summed E-state index contributed by atoms with van der Waals surface area (Å²) in [5, 5.41) is 7.43. The second kappa shape index (κ2) is 3.94. The van der Waals surface area contributed by atoms with E-state index in [2.05, 4.69) is 16.5 Å². The Kier molecular flexibility index (Phi) is 2.65. The minimum absolute atomic E-state index is 0.162. The van der Waals surface area contributed by atoms with Gasteiger partial charge in [-0.05, 0) is 12.0 Å². The Bertz CT molecular complexity index is 340. The summed E-state index contributed by atoms with van der Waals surface area (Å²) in [6.07, 6.45) is 7.06. The van der Waals surface area contributed by atoms with Crippen molar-refractivity contribution in [1.29, 1.82) is 0 Å². The first kappa shape index (κ1) is 9.43. The molecule has 14 heavy (non-hydrogen) atoms. The molecule has 76 valence electrons. The number of hydrogen-bond acceptors (Lipinski definition) is 3. The molecule has 1 atom stereocenters. The molecule has 2 heterocycles. The highest BCUT2D eigenvalue weighted by Gasteiger charge is 2.09. The molecule has 4 nitrogen and oxygen atoms in total. The highest BCUT2D eigenvalue weighted by Crippen LogP contribution is 2.09. The lowest BCUT2D eigenvalue weighted by Gasteiger charge is -2.18. The zero-order chi connectivity index (χ0) is 9.97. The molecule has 0 aromatic carbocycles. The molecule has 1 unspecified atom stereocenters. The third-order valence-electron chi connectivity index (χ3n) is 2.37. The van der Waals surface area contributed by atoms with Crippen LogP contribution >= 0.6 is 0 Å². The molecule has 0 saturated carbocycles. The molecule has 0 spiro atoms. The Balaban J connectivity index is 2.03. The fourth-order valence-electron chi connectivity index (χ4n) is 1.77. The Labute approximate surface area is 83.8 Å². The van der Waals surface area contributed by atoms with Crippen LogP contribution in [0.5, 0.6) is 0 Å². The number of aryl methyl sites for hydroxylation is 1. The van der Waals surface area contributed by atoms with Crippen molar-refractivity contribution in [2.24, 2.45) is 12.8 Å². The summed E-state index contributed by atoms with van der Waals surface area (Å²) < 4.78 is 1.83. The average molecular weight is 192 g/mol. The summed E-state index contributed by atoms with van der Waals surface area (Å²) >= 11 is 0. The summed E-state index contributed by atoms with van der Waals surface area (Å²) in [7, 11) is 1.93. The number of nitrogens with zero attached hydrogens (tertiary/aromatic N) is 2. The number of aromatic nitrogens is 2. The minimum Gasteiger partial charge on any atom is -0.323 e. The van der Waals surface area contributed by atoms with Gasteiger partial charge >= 0.3 is 0 Å². The molecular formula is C10H16N4. The second-order valence-corrected chi connectivity index (χ2v) is 3.82. The first-order valence-electron chi connectivity index (χ1n) is 4.87. The van der Waals surface area contributed by atoms with Crippen LogP contribution in [-0.4, -0.2) is 28.9 Å². The first-order valence-corrected chi connectivity index (χ1v) is 4.87. The van der Waals surface area contributed by atoms with Crippen molar-refractivity contribution in [1.82, 2.24) is 15.1 Å². The van der Waals surface area contributed by atoms with E-state index in [1.54, 1.807) is 0 Å². The number of rotatable bonds is 2. The van der Waals surface area contributed by atoms with Gasteiger partial charge in [0.2, 0.25) is 0 Å². The molecule has 0 amide bonds. The molecule has 1 aliphatic heterocycles. The van der Waals surface area contributed by atoms with Crippen LogP contribution in [0.2, 0.25) is 0 Å². The molecule has 1 aromatic rings. The van der Waals surface area contributed by atoms with Crippen LogP contribution in [0.15, 0.2) is 24.0 Å². The van der Waals surface area contributed by atoms with Crippen molar-refractivity contribution in [2.75, 3.05) is 13.1 Å². The van der Waals surface area contributed by atoms with E-state index in [-0.39, 0.29) is 6.04 Å². The third kappa shape index (κ3) is 2.21. The van der Waals surface area contributed by atoms with E-state index in [4.69, 9.17) is 5.73 Å². The predicted molar refractivity (Wildman–Crippen MR) is 55.8 cm³/mol. The zero-order valence-electron chi connectivity index (χ0n) is 8.40. The molecule has 4 heteroatoms. The monoisotopic (exact) mass is 192 g/mol. The second-order valence-electron chi connectivity index (χ2n) is 3.82. The lowest BCUT2D eigenvalue weighted by atomic mass is 10.0. The van der Waals surface area contributed by atoms with Gasteiger partial charge in [0.25, 0.3) is 0 Å². The van der Waals surface area contributed by atoms with Crippen LogP contribution in [0.4, 0.5) is 0 Å². The van der Waals surface area contributed by atoms with E-state index in [1.807, 2.05) is 24.1 Å². The molecule has 0 bridgehead atoms. The average Bonchev–Trinajstić information content (AvgIpc) is 2.51. The number of nitrogens with one attached hydrogen (secondary N) is 1.